The molecule has 0 saturated heterocycles. The normalized spacial score (nSPS) is 12.2. The molecule has 1 aromatic carbocycles. The highest BCUT2D eigenvalue weighted by molar-refractivity contribution is 9.10. The van der Waals surface area contributed by atoms with Crippen LogP contribution in [0.2, 0.25) is 5.02 Å². The molecule has 0 aliphatic carbocycles. The van der Waals surface area contributed by atoms with Crippen molar-refractivity contribution in [2.75, 3.05) is 0 Å². The fraction of sp³-hybridized carbons (Fsp3) is 0.214. The number of benzene rings is 1. The molecule has 1 unspecified atom stereocenters. The van der Waals surface area contributed by atoms with Gasteiger partial charge in [0.15, 0.2) is 0 Å². The second-order valence-electron chi connectivity index (χ2n) is 4.27. The van der Waals surface area contributed by atoms with Crippen molar-refractivity contribution in [3.63, 3.8) is 0 Å². The second kappa shape index (κ2) is 6.37. The minimum Gasteiger partial charge on any atom is -0.489 e. The third-order valence-corrected chi connectivity index (χ3v) is 3.29. The maximum Gasteiger partial charge on any atom is 0.124 e. The summed E-state index contributed by atoms with van der Waals surface area (Å²) in [6.07, 6.45) is 3.51. The maximum absolute atomic E-state index is 5.97. The average Bonchev–Trinajstić information content (AvgIpc) is 2.37. The summed E-state index contributed by atoms with van der Waals surface area (Å²) in [4.78, 5) is 4.10. The minimum absolute atomic E-state index is 0.130. The minimum atomic E-state index is -0.130. The standard InChI is InChI=1S/C14H14BrClN2O/c1-9(17)13-5-12(16)2-3-14(13)19-8-10-4-11(15)7-18-6-10/h2-7,9H,8,17H2,1H3. The molecule has 0 amide bonds. The van der Waals surface area contributed by atoms with Gasteiger partial charge in [0.05, 0.1) is 0 Å². The first-order valence-electron chi connectivity index (χ1n) is 5.83. The average molecular weight is 342 g/mol. The van der Waals surface area contributed by atoms with Gasteiger partial charge in [0, 0.05) is 39.1 Å². The van der Waals surface area contributed by atoms with Crippen LogP contribution in [-0.4, -0.2) is 4.98 Å². The van der Waals surface area contributed by atoms with Crippen LogP contribution in [0, 0.1) is 0 Å². The van der Waals surface area contributed by atoms with Crippen molar-refractivity contribution < 1.29 is 4.74 Å². The fourth-order valence-electron chi connectivity index (χ4n) is 1.70. The van der Waals surface area contributed by atoms with E-state index >= 15 is 0 Å². The van der Waals surface area contributed by atoms with Crippen molar-refractivity contribution >= 4 is 27.5 Å². The molecule has 0 saturated carbocycles. The molecular formula is C14H14BrClN2O. The molecule has 100 valence electrons. The molecule has 0 fully saturated rings. The van der Waals surface area contributed by atoms with Crippen LogP contribution in [0.25, 0.3) is 0 Å². The van der Waals surface area contributed by atoms with E-state index in [1.807, 2.05) is 25.1 Å². The lowest BCUT2D eigenvalue weighted by Gasteiger charge is -2.14. The van der Waals surface area contributed by atoms with E-state index in [1.165, 1.54) is 0 Å². The zero-order valence-corrected chi connectivity index (χ0v) is 12.8. The molecule has 0 bridgehead atoms. The van der Waals surface area contributed by atoms with Gasteiger partial charge in [0.25, 0.3) is 0 Å². The Hall–Kier alpha value is -1.10. The van der Waals surface area contributed by atoms with Crippen LogP contribution < -0.4 is 10.5 Å². The molecule has 19 heavy (non-hydrogen) atoms. The van der Waals surface area contributed by atoms with Gasteiger partial charge in [-0.3, -0.25) is 4.98 Å². The molecule has 5 heteroatoms. The van der Waals surface area contributed by atoms with Gasteiger partial charge >= 0.3 is 0 Å². The Morgan fingerprint density at radius 1 is 1.37 bits per heavy atom. The molecule has 2 aromatic rings. The lowest BCUT2D eigenvalue weighted by molar-refractivity contribution is 0.301. The largest absolute Gasteiger partial charge is 0.489 e. The third kappa shape index (κ3) is 3.93. The third-order valence-electron chi connectivity index (χ3n) is 2.62. The van der Waals surface area contributed by atoms with Gasteiger partial charge in [-0.25, -0.2) is 0 Å². The predicted octanol–water partition coefficient (Wildman–Crippen LogP) is 4.10. The quantitative estimate of drug-likeness (QED) is 0.911. The Balaban J connectivity index is 2.15. The van der Waals surface area contributed by atoms with Crippen molar-refractivity contribution in [2.24, 2.45) is 5.73 Å². The Kier molecular flexibility index (Phi) is 4.80. The molecule has 1 heterocycles. The molecular weight excluding hydrogens is 328 g/mol. The first-order valence-corrected chi connectivity index (χ1v) is 7.00. The van der Waals surface area contributed by atoms with Crippen molar-refractivity contribution in [1.29, 1.82) is 0 Å². The molecule has 1 atom stereocenters. The van der Waals surface area contributed by atoms with Crippen molar-refractivity contribution in [3.8, 4) is 5.75 Å². The number of pyridine rings is 1. The summed E-state index contributed by atoms with van der Waals surface area (Å²) in [7, 11) is 0. The van der Waals surface area contributed by atoms with Crippen LogP contribution in [0.3, 0.4) is 0 Å². The number of ether oxygens (including phenoxy) is 1. The zero-order valence-electron chi connectivity index (χ0n) is 10.4. The number of hydrogen-bond donors (Lipinski definition) is 1. The maximum atomic E-state index is 5.97. The number of hydrogen-bond acceptors (Lipinski definition) is 3. The van der Waals surface area contributed by atoms with Gasteiger partial charge < -0.3 is 10.5 Å². The van der Waals surface area contributed by atoms with Gasteiger partial charge in [0.2, 0.25) is 0 Å². The molecule has 3 nitrogen and oxygen atoms in total. The second-order valence-corrected chi connectivity index (χ2v) is 5.62. The van der Waals surface area contributed by atoms with Gasteiger partial charge in [-0.1, -0.05) is 11.6 Å². The molecule has 1 aromatic heterocycles. The van der Waals surface area contributed by atoms with Crippen LogP contribution in [0.4, 0.5) is 0 Å². The first kappa shape index (κ1) is 14.3. The van der Waals surface area contributed by atoms with Crippen molar-refractivity contribution in [2.45, 2.75) is 19.6 Å². The molecule has 0 aliphatic rings. The zero-order chi connectivity index (χ0) is 13.8. The monoisotopic (exact) mass is 340 g/mol. The Bertz CT molecular complexity index is 575. The Morgan fingerprint density at radius 2 is 2.16 bits per heavy atom. The number of aromatic nitrogens is 1. The first-order chi connectivity index (χ1) is 9.06. The highest BCUT2D eigenvalue weighted by atomic mass is 79.9. The molecule has 0 radical (unpaired) electrons. The summed E-state index contributed by atoms with van der Waals surface area (Å²) in [5, 5.41) is 0.656. The lowest BCUT2D eigenvalue weighted by Crippen LogP contribution is -2.08. The van der Waals surface area contributed by atoms with E-state index in [-0.39, 0.29) is 6.04 Å². The van der Waals surface area contributed by atoms with Crippen molar-refractivity contribution in [1.82, 2.24) is 4.98 Å². The number of halogens is 2. The smallest absolute Gasteiger partial charge is 0.124 e. The van der Waals surface area contributed by atoms with E-state index < -0.39 is 0 Å². The van der Waals surface area contributed by atoms with E-state index in [4.69, 9.17) is 22.1 Å². The predicted molar refractivity (Wildman–Crippen MR) is 80.3 cm³/mol. The van der Waals surface area contributed by atoms with Gasteiger partial charge in [0.1, 0.15) is 12.4 Å². The van der Waals surface area contributed by atoms with E-state index in [0.717, 1.165) is 21.3 Å². The van der Waals surface area contributed by atoms with E-state index in [1.54, 1.807) is 18.5 Å². The number of nitrogens with two attached hydrogens (primary N) is 1. The van der Waals surface area contributed by atoms with Gasteiger partial charge in [-0.2, -0.15) is 0 Å². The van der Waals surface area contributed by atoms with Crippen molar-refractivity contribution in [3.05, 3.63) is 57.3 Å². The molecule has 0 aliphatic heterocycles. The van der Waals surface area contributed by atoms with Crippen LogP contribution in [-0.2, 0) is 6.61 Å². The summed E-state index contributed by atoms with van der Waals surface area (Å²) < 4.78 is 6.72. The van der Waals surface area contributed by atoms with Crippen LogP contribution in [0.15, 0.2) is 41.1 Å². The van der Waals surface area contributed by atoms with E-state index in [9.17, 15) is 0 Å². The summed E-state index contributed by atoms with van der Waals surface area (Å²) in [6.45, 7) is 2.34. The van der Waals surface area contributed by atoms with E-state index in [2.05, 4.69) is 20.9 Å². The molecule has 0 spiro atoms. The van der Waals surface area contributed by atoms with Crippen LogP contribution in [0.5, 0.6) is 5.75 Å². The van der Waals surface area contributed by atoms with Crippen LogP contribution in [0.1, 0.15) is 24.1 Å². The Morgan fingerprint density at radius 3 is 2.84 bits per heavy atom. The summed E-state index contributed by atoms with van der Waals surface area (Å²) in [5.41, 5.74) is 7.80. The molecule has 2 rings (SSSR count). The fourth-order valence-corrected chi connectivity index (χ4v) is 2.30. The summed E-state index contributed by atoms with van der Waals surface area (Å²) >= 11 is 9.35. The summed E-state index contributed by atoms with van der Waals surface area (Å²) in [5.74, 6) is 0.749. The highest BCUT2D eigenvalue weighted by Gasteiger charge is 2.09. The Labute approximate surface area is 125 Å². The summed E-state index contributed by atoms with van der Waals surface area (Å²) in [6, 6.07) is 7.30. The highest BCUT2D eigenvalue weighted by Crippen LogP contribution is 2.28. The number of nitrogens with zero attached hydrogens (tertiary/aromatic N) is 1. The van der Waals surface area contributed by atoms with Gasteiger partial charge in [-0.15, -0.1) is 0 Å². The SMILES string of the molecule is CC(N)c1cc(Cl)ccc1OCc1cncc(Br)c1. The number of rotatable bonds is 4. The van der Waals surface area contributed by atoms with E-state index in [0.29, 0.717) is 11.6 Å². The van der Waals surface area contributed by atoms with Gasteiger partial charge in [-0.05, 0) is 47.1 Å². The van der Waals surface area contributed by atoms with Crippen LogP contribution >= 0.6 is 27.5 Å². The molecule has 2 N–H and O–H groups in total. The topological polar surface area (TPSA) is 48.1 Å². The lowest BCUT2D eigenvalue weighted by atomic mass is 10.1.